The van der Waals surface area contributed by atoms with Crippen LogP contribution >= 0.6 is 0 Å². The summed E-state index contributed by atoms with van der Waals surface area (Å²) in [5.41, 5.74) is 7.34. The number of carbonyl (C=O) groups is 2. The van der Waals surface area contributed by atoms with Crippen molar-refractivity contribution in [1.82, 2.24) is 9.80 Å². The van der Waals surface area contributed by atoms with Gasteiger partial charge in [-0.2, -0.15) is 0 Å². The van der Waals surface area contributed by atoms with Crippen molar-refractivity contribution in [3.8, 4) is 0 Å². The van der Waals surface area contributed by atoms with Gasteiger partial charge in [0, 0.05) is 32.5 Å². The van der Waals surface area contributed by atoms with Gasteiger partial charge < -0.3 is 39.6 Å². The van der Waals surface area contributed by atoms with Crippen LogP contribution in [0.25, 0.3) is 0 Å². The van der Waals surface area contributed by atoms with E-state index in [1.807, 2.05) is 9.80 Å². The second kappa shape index (κ2) is 12.4. The molecule has 3 N–H and O–H groups in total. The van der Waals surface area contributed by atoms with Crippen molar-refractivity contribution in [2.75, 3.05) is 46.0 Å². The molecule has 3 aliphatic heterocycles. The zero-order valence-corrected chi connectivity index (χ0v) is 31.8. The van der Waals surface area contributed by atoms with Crippen molar-refractivity contribution in [2.45, 2.75) is 147 Å². The van der Waals surface area contributed by atoms with Crippen LogP contribution in [0, 0.1) is 51.2 Å². The topological polar surface area (TPSA) is 124 Å². The molecule has 10 heteroatoms. The number of aliphatic hydroxyl groups excluding tert-OH is 1. The average Bonchev–Trinajstić information content (AvgIpc) is 4.04. The zero-order valence-electron chi connectivity index (χ0n) is 31.8. The highest BCUT2D eigenvalue weighted by Crippen LogP contribution is 2.87. The van der Waals surface area contributed by atoms with E-state index in [9.17, 15) is 14.7 Å². The first-order chi connectivity index (χ1) is 24.3. The van der Waals surface area contributed by atoms with E-state index in [1.54, 1.807) is 0 Å². The summed E-state index contributed by atoms with van der Waals surface area (Å²) in [6.07, 6.45) is 11.6. The largest absolute Gasteiger partial charge is 0.388 e. The van der Waals surface area contributed by atoms with Crippen LogP contribution in [0.1, 0.15) is 111 Å². The molecule has 0 bridgehead atoms. The highest BCUT2D eigenvalue weighted by atomic mass is 16.7. The highest BCUT2D eigenvalue weighted by Gasteiger charge is 2.85. The fraction of sp³-hybridized carbons (Fsp3) is 0.951. The van der Waals surface area contributed by atoms with E-state index in [-0.39, 0.29) is 69.9 Å². The third-order valence-corrected chi connectivity index (χ3v) is 17.2. The van der Waals surface area contributed by atoms with Gasteiger partial charge in [-0.05, 0) is 122 Å². The summed E-state index contributed by atoms with van der Waals surface area (Å²) >= 11 is 0. The van der Waals surface area contributed by atoms with Crippen LogP contribution in [-0.4, -0.2) is 109 Å². The molecule has 7 unspecified atom stereocenters. The Morgan fingerprint density at radius 2 is 1.63 bits per heavy atom. The van der Waals surface area contributed by atoms with Crippen LogP contribution in [0.4, 0.5) is 0 Å². The Balaban J connectivity index is 0.888. The molecule has 10 nitrogen and oxygen atoms in total. The number of amides is 2. The fourth-order valence-electron chi connectivity index (χ4n) is 14.5. The second-order valence-electron chi connectivity index (χ2n) is 19.7. The number of morpholine rings is 2. The first-order valence-corrected chi connectivity index (χ1v) is 20.9. The SMILES string of the molecule is C[C@@H]1CC(CCC(=O)N2CCOCC2)OC2[C@H]1C1(C)CCC34CC35CC[C@H](OC3CN(C(=O)CC6CC6)CCO3)C(C)(C)[C@@H]5CCC4[C@]1(N)[C@H]2O. The molecule has 13 atom stereocenters. The summed E-state index contributed by atoms with van der Waals surface area (Å²) in [6.45, 7) is 13.9. The molecule has 0 aromatic rings. The van der Waals surface area contributed by atoms with Crippen LogP contribution in [0.2, 0.25) is 0 Å². The lowest BCUT2D eigenvalue weighted by Gasteiger charge is -2.63. The highest BCUT2D eigenvalue weighted by molar-refractivity contribution is 5.77. The molecular weight excluding hydrogens is 646 g/mol. The molecule has 51 heavy (non-hydrogen) atoms. The Labute approximate surface area is 305 Å². The number of aliphatic hydroxyl groups is 1. The minimum atomic E-state index is -0.703. The quantitative estimate of drug-likeness (QED) is 0.396. The van der Waals surface area contributed by atoms with Gasteiger partial charge in [-0.25, -0.2) is 0 Å². The lowest BCUT2D eigenvalue weighted by Crippen LogP contribution is -2.70. The third kappa shape index (κ3) is 5.22. The Hall–Kier alpha value is -1.30. The molecule has 9 fully saturated rings. The molecule has 6 aliphatic carbocycles. The van der Waals surface area contributed by atoms with Crippen molar-refractivity contribution in [2.24, 2.45) is 57.0 Å². The van der Waals surface area contributed by atoms with Crippen molar-refractivity contribution in [1.29, 1.82) is 0 Å². The lowest BCUT2D eigenvalue weighted by molar-refractivity contribution is -0.245. The van der Waals surface area contributed by atoms with Gasteiger partial charge in [0.05, 0.1) is 56.3 Å². The molecule has 6 saturated carbocycles. The van der Waals surface area contributed by atoms with Crippen LogP contribution in [0.3, 0.4) is 0 Å². The van der Waals surface area contributed by atoms with Gasteiger partial charge in [-0.15, -0.1) is 0 Å². The van der Waals surface area contributed by atoms with E-state index < -0.39 is 11.6 Å². The van der Waals surface area contributed by atoms with Gasteiger partial charge in [-0.1, -0.05) is 27.7 Å². The number of carbonyl (C=O) groups excluding carboxylic acids is 2. The minimum absolute atomic E-state index is 0.0231. The number of hydrogen-bond acceptors (Lipinski definition) is 8. The number of nitrogens with two attached hydrogens (primary N) is 1. The maximum Gasteiger partial charge on any atom is 0.223 e. The summed E-state index contributed by atoms with van der Waals surface area (Å²) in [4.78, 5) is 29.8. The predicted octanol–water partition coefficient (Wildman–Crippen LogP) is 4.50. The Kier molecular flexibility index (Phi) is 8.58. The molecule has 286 valence electrons. The number of nitrogens with zero attached hydrogens (tertiary/aromatic N) is 2. The van der Waals surface area contributed by atoms with Crippen LogP contribution in [0.15, 0.2) is 0 Å². The molecule has 0 aromatic carbocycles. The standard InChI is InChI=1S/C41H65N3O7/c1-25-21-27(7-10-31(45)43-15-18-48-19-16-43)50-35-34(25)38(4)13-14-40-24-39(40)12-11-30(37(2,3)28(39)8-9-29(40)41(38,42)36(35)47)51-33-23-44(17-20-49-33)32(46)22-26-5-6-26/h25-30,33-36,47H,5-24,42H2,1-4H3/t25-,27?,28+,29?,30+,33?,34+,35?,36+,38?,39?,40?,41+/m1/s1. The molecule has 9 aliphatic rings. The normalized spacial score (nSPS) is 50.0. The van der Waals surface area contributed by atoms with Crippen LogP contribution in [-0.2, 0) is 28.5 Å². The predicted molar refractivity (Wildman–Crippen MR) is 190 cm³/mol. The van der Waals surface area contributed by atoms with E-state index >= 15 is 0 Å². The van der Waals surface area contributed by atoms with Gasteiger partial charge in [0.15, 0.2) is 6.29 Å². The fourth-order valence-corrected chi connectivity index (χ4v) is 14.5. The molecule has 9 rings (SSSR count). The molecule has 0 radical (unpaired) electrons. The summed E-state index contributed by atoms with van der Waals surface area (Å²) in [5.74, 6) is 2.45. The van der Waals surface area contributed by atoms with Crippen molar-refractivity contribution < 1.29 is 33.6 Å². The zero-order chi connectivity index (χ0) is 35.6. The summed E-state index contributed by atoms with van der Waals surface area (Å²) in [5, 5.41) is 12.5. The van der Waals surface area contributed by atoms with Gasteiger partial charge in [0.25, 0.3) is 0 Å². The van der Waals surface area contributed by atoms with Crippen LogP contribution < -0.4 is 5.73 Å². The third-order valence-electron chi connectivity index (χ3n) is 17.2. The second-order valence-corrected chi connectivity index (χ2v) is 19.7. The van der Waals surface area contributed by atoms with E-state index in [2.05, 4.69) is 27.7 Å². The summed E-state index contributed by atoms with van der Waals surface area (Å²) in [7, 11) is 0. The van der Waals surface area contributed by atoms with Crippen molar-refractivity contribution in [3.05, 3.63) is 0 Å². The number of rotatable bonds is 7. The van der Waals surface area contributed by atoms with E-state index in [0.717, 1.165) is 38.5 Å². The summed E-state index contributed by atoms with van der Waals surface area (Å²) in [6, 6.07) is 0. The maximum absolute atomic E-state index is 13.0. The number of fused-ring (bicyclic) bond motifs is 4. The molecule has 3 heterocycles. The van der Waals surface area contributed by atoms with Crippen LogP contribution in [0.5, 0.6) is 0 Å². The number of hydrogen-bond donors (Lipinski definition) is 2. The molecule has 3 saturated heterocycles. The Morgan fingerprint density at radius 3 is 2.39 bits per heavy atom. The minimum Gasteiger partial charge on any atom is -0.388 e. The van der Waals surface area contributed by atoms with Crippen molar-refractivity contribution >= 4 is 11.8 Å². The smallest absolute Gasteiger partial charge is 0.223 e. The van der Waals surface area contributed by atoms with Crippen molar-refractivity contribution in [3.63, 3.8) is 0 Å². The maximum atomic E-state index is 13.0. The molecule has 2 amide bonds. The molecule has 2 spiro atoms. The average molecular weight is 712 g/mol. The first kappa shape index (κ1) is 35.4. The summed E-state index contributed by atoms with van der Waals surface area (Å²) < 4.78 is 25.3. The number of ether oxygens (including phenoxy) is 4. The van der Waals surface area contributed by atoms with Gasteiger partial charge >= 0.3 is 0 Å². The van der Waals surface area contributed by atoms with Gasteiger partial charge in [0.1, 0.15) is 0 Å². The molecular formula is C41H65N3O7. The van der Waals surface area contributed by atoms with E-state index in [4.69, 9.17) is 24.7 Å². The van der Waals surface area contributed by atoms with Gasteiger partial charge in [-0.3, -0.25) is 9.59 Å². The van der Waals surface area contributed by atoms with Gasteiger partial charge in [0.2, 0.25) is 11.8 Å². The first-order valence-electron chi connectivity index (χ1n) is 20.9. The lowest BCUT2D eigenvalue weighted by atomic mass is 9.43. The Morgan fingerprint density at radius 1 is 0.902 bits per heavy atom. The van der Waals surface area contributed by atoms with E-state index in [1.165, 1.54) is 25.7 Å². The Bertz CT molecular complexity index is 1380. The molecule has 0 aromatic heterocycles. The monoisotopic (exact) mass is 711 g/mol. The van der Waals surface area contributed by atoms with E-state index in [0.29, 0.717) is 83.0 Å².